The van der Waals surface area contributed by atoms with E-state index in [1.807, 2.05) is 6.92 Å². The second kappa shape index (κ2) is 4.01. The number of ether oxygens (including phenoxy) is 1. The lowest BCUT2D eigenvalue weighted by molar-refractivity contribution is -0.133. The molecular formula is C9H16O2Si. The van der Waals surface area contributed by atoms with Gasteiger partial charge in [0.1, 0.15) is 5.22 Å². The van der Waals surface area contributed by atoms with Crippen molar-refractivity contribution in [3.8, 4) is 0 Å². The SMILES string of the molecule is CC=CC(=O)C1([SiH3])CCCCO1. The van der Waals surface area contributed by atoms with Crippen molar-refractivity contribution in [3.05, 3.63) is 12.2 Å². The summed E-state index contributed by atoms with van der Waals surface area (Å²) in [6.07, 6.45) is 6.58. The van der Waals surface area contributed by atoms with E-state index in [1.165, 1.54) is 0 Å². The van der Waals surface area contributed by atoms with Gasteiger partial charge in [-0.25, -0.2) is 0 Å². The molecule has 0 saturated carbocycles. The first-order valence-corrected chi connectivity index (χ1v) is 5.50. The van der Waals surface area contributed by atoms with E-state index in [0.717, 1.165) is 36.1 Å². The van der Waals surface area contributed by atoms with E-state index in [1.54, 1.807) is 12.2 Å². The maximum absolute atomic E-state index is 11.5. The third kappa shape index (κ3) is 2.05. The van der Waals surface area contributed by atoms with Gasteiger partial charge in [0, 0.05) is 6.61 Å². The summed E-state index contributed by atoms with van der Waals surface area (Å²) in [4.78, 5) is 11.5. The molecule has 0 amide bonds. The number of hydrogen-bond acceptors (Lipinski definition) is 2. The summed E-state index contributed by atoms with van der Waals surface area (Å²) in [5.41, 5.74) is 0. The Labute approximate surface area is 76.4 Å². The van der Waals surface area contributed by atoms with E-state index in [9.17, 15) is 4.79 Å². The Morgan fingerprint density at radius 1 is 1.58 bits per heavy atom. The van der Waals surface area contributed by atoms with Gasteiger partial charge >= 0.3 is 0 Å². The lowest BCUT2D eigenvalue weighted by Gasteiger charge is -2.31. The molecule has 0 radical (unpaired) electrons. The van der Waals surface area contributed by atoms with Crippen molar-refractivity contribution in [2.75, 3.05) is 6.61 Å². The standard InChI is InChI=1S/C9H16O2Si/c1-2-5-8(10)9(12)6-3-4-7-11-9/h2,5H,3-4,6-7H2,1,12H3. The first-order chi connectivity index (χ1) is 5.69. The van der Waals surface area contributed by atoms with Gasteiger partial charge in [-0.2, -0.15) is 0 Å². The van der Waals surface area contributed by atoms with E-state index in [-0.39, 0.29) is 5.78 Å². The number of carbonyl (C=O) groups is 1. The molecule has 0 aromatic rings. The highest BCUT2D eigenvalue weighted by molar-refractivity contribution is 6.30. The van der Waals surface area contributed by atoms with E-state index in [0.29, 0.717) is 0 Å². The number of ketones is 1. The zero-order valence-electron chi connectivity index (χ0n) is 7.80. The van der Waals surface area contributed by atoms with Crippen LogP contribution in [0.15, 0.2) is 12.2 Å². The summed E-state index contributed by atoms with van der Waals surface area (Å²) in [6, 6.07) is 0. The molecule has 0 spiro atoms. The van der Waals surface area contributed by atoms with Gasteiger partial charge in [0.15, 0.2) is 5.78 Å². The number of allylic oxidation sites excluding steroid dienone is 1. The fourth-order valence-electron chi connectivity index (χ4n) is 1.46. The largest absolute Gasteiger partial charge is 0.372 e. The zero-order valence-corrected chi connectivity index (χ0v) is 9.80. The molecule has 0 aliphatic carbocycles. The molecule has 1 heterocycles. The van der Waals surface area contributed by atoms with Crippen molar-refractivity contribution < 1.29 is 9.53 Å². The summed E-state index contributed by atoms with van der Waals surface area (Å²) in [7, 11) is 0.805. The van der Waals surface area contributed by atoms with Gasteiger partial charge in [-0.05, 0) is 32.3 Å². The highest BCUT2D eigenvalue weighted by Gasteiger charge is 2.33. The van der Waals surface area contributed by atoms with Crippen LogP contribution in [-0.4, -0.2) is 27.9 Å². The number of rotatable bonds is 2. The summed E-state index contributed by atoms with van der Waals surface area (Å²) < 4.78 is 5.54. The van der Waals surface area contributed by atoms with Gasteiger partial charge in [0.05, 0.1) is 10.2 Å². The maximum atomic E-state index is 11.5. The molecule has 1 saturated heterocycles. The van der Waals surface area contributed by atoms with E-state index in [2.05, 4.69) is 0 Å². The molecule has 68 valence electrons. The van der Waals surface area contributed by atoms with Crippen LogP contribution >= 0.6 is 0 Å². The average Bonchev–Trinajstić information content (AvgIpc) is 2.06. The molecule has 12 heavy (non-hydrogen) atoms. The molecule has 0 aromatic heterocycles. The zero-order chi connectivity index (χ0) is 9.03. The fourth-order valence-corrected chi connectivity index (χ4v) is 2.18. The van der Waals surface area contributed by atoms with Crippen LogP contribution in [0.4, 0.5) is 0 Å². The Balaban J connectivity index is 2.62. The molecule has 1 aliphatic rings. The highest BCUT2D eigenvalue weighted by atomic mass is 28.1. The molecule has 2 nitrogen and oxygen atoms in total. The summed E-state index contributed by atoms with van der Waals surface area (Å²) in [5, 5.41) is -0.398. The highest BCUT2D eigenvalue weighted by Crippen LogP contribution is 2.22. The van der Waals surface area contributed by atoms with Crippen LogP contribution in [0.25, 0.3) is 0 Å². The van der Waals surface area contributed by atoms with E-state index >= 15 is 0 Å². The third-order valence-electron chi connectivity index (χ3n) is 2.31. The molecule has 0 aromatic carbocycles. The lowest BCUT2D eigenvalue weighted by Crippen LogP contribution is -2.43. The van der Waals surface area contributed by atoms with Gasteiger partial charge in [-0.15, -0.1) is 0 Å². The number of hydrogen-bond donors (Lipinski definition) is 0. The second-order valence-corrected chi connectivity index (χ2v) is 5.02. The van der Waals surface area contributed by atoms with Crippen molar-refractivity contribution in [2.45, 2.75) is 31.4 Å². The summed E-state index contributed by atoms with van der Waals surface area (Å²) in [5.74, 6) is 0.163. The Kier molecular flexibility index (Phi) is 3.23. The Hall–Kier alpha value is -0.413. The Bertz CT molecular complexity index is 193. The fraction of sp³-hybridized carbons (Fsp3) is 0.667. The smallest absolute Gasteiger partial charge is 0.182 e. The monoisotopic (exact) mass is 184 g/mol. The summed E-state index contributed by atoms with van der Waals surface area (Å²) in [6.45, 7) is 2.62. The van der Waals surface area contributed by atoms with E-state index < -0.39 is 5.22 Å². The van der Waals surface area contributed by atoms with Crippen LogP contribution < -0.4 is 0 Å². The van der Waals surface area contributed by atoms with E-state index in [4.69, 9.17) is 4.74 Å². The number of carbonyl (C=O) groups excluding carboxylic acids is 1. The predicted octanol–water partition coefficient (Wildman–Crippen LogP) is 0.394. The summed E-state index contributed by atoms with van der Waals surface area (Å²) >= 11 is 0. The molecule has 1 aliphatic heterocycles. The average molecular weight is 184 g/mol. The van der Waals surface area contributed by atoms with Gasteiger partial charge in [-0.3, -0.25) is 4.79 Å². The second-order valence-electron chi connectivity index (χ2n) is 3.40. The molecule has 1 rings (SSSR count). The predicted molar refractivity (Wildman–Crippen MR) is 52.3 cm³/mol. The van der Waals surface area contributed by atoms with Crippen molar-refractivity contribution in [2.24, 2.45) is 0 Å². The van der Waals surface area contributed by atoms with Gasteiger partial charge in [0.25, 0.3) is 0 Å². The molecule has 1 unspecified atom stereocenters. The quantitative estimate of drug-likeness (QED) is 0.458. The third-order valence-corrected chi connectivity index (χ3v) is 3.59. The van der Waals surface area contributed by atoms with Crippen LogP contribution in [0.2, 0.25) is 0 Å². The Morgan fingerprint density at radius 3 is 2.83 bits per heavy atom. The van der Waals surface area contributed by atoms with Crippen LogP contribution in [0, 0.1) is 0 Å². The minimum Gasteiger partial charge on any atom is -0.372 e. The molecule has 1 fully saturated rings. The molecule has 0 N–H and O–H groups in total. The minimum absolute atomic E-state index is 0.163. The normalized spacial score (nSPS) is 31.1. The van der Waals surface area contributed by atoms with Crippen molar-refractivity contribution in [1.82, 2.24) is 0 Å². The van der Waals surface area contributed by atoms with Crippen LogP contribution in [0.1, 0.15) is 26.2 Å². The van der Waals surface area contributed by atoms with Gasteiger partial charge < -0.3 is 4.74 Å². The topological polar surface area (TPSA) is 26.3 Å². The molecule has 0 bridgehead atoms. The van der Waals surface area contributed by atoms with Crippen molar-refractivity contribution >= 4 is 16.0 Å². The first kappa shape index (κ1) is 9.67. The van der Waals surface area contributed by atoms with Gasteiger partial charge in [-0.1, -0.05) is 6.08 Å². The Morgan fingerprint density at radius 2 is 2.33 bits per heavy atom. The van der Waals surface area contributed by atoms with Crippen LogP contribution in [0.5, 0.6) is 0 Å². The van der Waals surface area contributed by atoms with Crippen LogP contribution in [-0.2, 0) is 9.53 Å². The first-order valence-electron chi connectivity index (χ1n) is 4.50. The molecular weight excluding hydrogens is 168 g/mol. The maximum Gasteiger partial charge on any atom is 0.182 e. The lowest BCUT2D eigenvalue weighted by atomic mass is 10.0. The van der Waals surface area contributed by atoms with Crippen molar-refractivity contribution in [1.29, 1.82) is 0 Å². The molecule has 3 heteroatoms. The van der Waals surface area contributed by atoms with Crippen molar-refractivity contribution in [3.63, 3.8) is 0 Å². The van der Waals surface area contributed by atoms with Crippen LogP contribution in [0.3, 0.4) is 0 Å². The molecule has 1 atom stereocenters. The minimum atomic E-state index is -0.398. The van der Waals surface area contributed by atoms with Gasteiger partial charge in [0.2, 0.25) is 0 Å².